The van der Waals surface area contributed by atoms with Crippen molar-refractivity contribution >= 4 is 33.3 Å². The van der Waals surface area contributed by atoms with Crippen molar-refractivity contribution in [2.75, 3.05) is 0 Å². The first-order chi connectivity index (χ1) is 11.6. The van der Waals surface area contributed by atoms with E-state index in [1.165, 1.54) is 0 Å². The van der Waals surface area contributed by atoms with Crippen molar-refractivity contribution in [3.05, 3.63) is 65.7 Å². The summed E-state index contributed by atoms with van der Waals surface area (Å²) >= 11 is 2.90. The number of benzene rings is 2. The van der Waals surface area contributed by atoms with Crippen LogP contribution >= 0.6 is 15.9 Å². The Balaban J connectivity index is 2.74. The summed E-state index contributed by atoms with van der Waals surface area (Å²) in [6, 6.07) is 5.64. The Morgan fingerprint density at radius 3 is 2.00 bits per heavy atom. The molecule has 0 radical (unpaired) electrons. The molecule has 2 rings (SSSR count). The maximum atomic E-state index is 11.4. The van der Waals surface area contributed by atoms with Gasteiger partial charge >= 0.3 is 11.7 Å². The Bertz CT molecular complexity index is 891. The van der Waals surface area contributed by atoms with E-state index in [-0.39, 0.29) is 10.2 Å². The van der Waals surface area contributed by atoms with E-state index < -0.39 is 38.5 Å². The molecule has 0 amide bonds. The van der Waals surface area contributed by atoms with Crippen LogP contribution in [0.25, 0.3) is 0 Å². The van der Waals surface area contributed by atoms with E-state index in [0.29, 0.717) is 6.07 Å². The first kappa shape index (κ1) is 18.3. The Kier molecular flexibility index (Phi) is 5.02. The number of nitrogens with zero attached hydrogens (tertiary/aromatic N) is 2. The number of carbonyl (C=O) groups is 1. The fourth-order valence-electron chi connectivity index (χ4n) is 2.30. The van der Waals surface area contributed by atoms with Gasteiger partial charge in [0.05, 0.1) is 20.4 Å². The molecule has 9 nitrogen and oxygen atoms in total. The van der Waals surface area contributed by atoms with Crippen molar-refractivity contribution in [2.24, 2.45) is 0 Å². The molecule has 10 heteroatoms. The fourth-order valence-corrected chi connectivity index (χ4v) is 2.95. The van der Waals surface area contributed by atoms with E-state index >= 15 is 0 Å². The number of hydrogen-bond acceptors (Lipinski definition) is 6. The number of nitro groups is 2. The molecule has 0 atom stereocenters. The van der Waals surface area contributed by atoms with Crippen LogP contribution in [0, 0.1) is 34.1 Å². The Hall–Kier alpha value is -3.01. The molecular weight excluding hydrogens is 400 g/mol. The number of rotatable bonds is 5. The number of halogens is 1. The van der Waals surface area contributed by atoms with Gasteiger partial charge in [-0.1, -0.05) is 6.07 Å². The molecule has 0 spiro atoms. The lowest BCUT2D eigenvalue weighted by molar-refractivity contribution is -0.394. The minimum Gasteiger partial charge on any atom is -0.477 e. The highest BCUT2D eigenvalue weighted by Gasteiger charge is 2.34. The minimum absolute atomic E-state index is 0.242. The Morgan fingerprint density at radius 1 is 1.04 bits per heavy atom. The Labute approximate surface area is 149 Å². The topological polar surface area (TPSA) is 133 Å². The minimum atomic E-state index is -1.61. The fraction of sp³-hybridized carbons (Fsp3) is 0.133. The van der Waals surface area contributed by atoms with E-state index in [0.717, 1.165) is 11.1 Å². The largest absolute Gasteiger partial charge is 0.477 e. The van der Waals surface area contributed by atoms with Gasteiger partial charge in [0.25, 0.3) is 5.69 Å². The highest BCUT2D eigenvalue weighted by atomic mass is 79.9. The van der Waals surface area contributed by atoms with Crippen LogP contribution in [0.5, 0.6) is 11.5 Å². The summed E-state index contributed by atoms with van der Waals surface area (Å²) in [6.45, 7) is 3.59. The van der Waals surface area contributed by atoms with Crippen molar-refractivity contribution in [1.29, 1.82) is 0 Å². The summed E-state index contributed by atoms with van der Waals surface area (Å²) in [4.78, 5) is 31.9. The number of hydrogen-bond donors (Lipinski definition) is 1. The van der Waals surface area contributed by atoms with Crippen molar-refractivity contribution in [3.8, 4) is 11.5 Å². The molecule has 2 aromatic carbocycles. The van der Waals surface area contributed by atoms with E-state index in [1.54, 1.807) is 26.0 Å². The second-order valence-corrected chi connectivity index (χ2v) is 5.97. The third-order valence-corrected chi connectivity index (χ3v) is 3.96. The molecule has 0 aromatic heterocycles. The quantitative estimate of drug-likeness (QED) is 0.570. The summed E-state index contributed by atoms with van der Waals surface area (Å²) in [7, 11) is 0. The van der Waals surface area contributed by atoms with E-state index in [1.807, 2.05) is 6.07 Å². The van der Waals surface area contributed by atoms with Crippen LogP contribution in [0.15, 0.2) is 28.7 Å². The summed E-state index contributed by atoms with van der Waals surface area (Å²) in [6.07, 6.45) is 0. The second-order valence-electron chi connectivity index (χ2n) is 5.18. The molecule has 0 fully saturated rings. The number of aryl methyl sites for hydroxylation is 2. The predicted octanol–water partition coefficient (Wildman–Crippen LogP) is 4.37. The van der Waals surface area contributed by atoms with Crippen LogP contribution in [-0.2, 0) is 0 Å². The van der Waals surface area contributed by atoms with E-state index in [9.17, 15) is 30.1 Å². The van der Waals surface area contributed by atoms with Crippen LogP contribution in [0.2, 0.25) is 0 Å². The standard InChI is InChI=1S/C15H11BrN2O7/c1-7-3-8(2)5-9(4-7)25-14-11(18(23)24)6-10(17(21)22)12(13(14)16)15(19)20/h3-6H,1-2H3,(H,19,20). The average Bonchev–Trinajstić information content (AvgIpc) is 2.46. The molecule has 0 saturated heterocycles. The summed E-state index contributed by atoms with van der Waals surface area (Å²) < 4.78 is 5.14. The van der Waals surface area contributed by atoms with Gasteiger partial charge in [-0.15, -0.1) is 0 Å². The van der Waals surface area contributed by atoms with Gasteiger partial charge in [-0.3, -0.25) is 20.2 Å². The van der Waals surface area contributed by atoms with E-state index in [2.05, 4.69) is 15.9 Å². The van der Waals surface area contributed by atoms with Gasteiger partial charge in [0, 0.05) is 0 Å². The maximum Gasteiger partial charge on any atom is 0.344 e. The Morgan fingerprint density at radius 2 is 1.56 bits per heavy atom. The zero-order valence-electron chi connectivity index (χ0n) is 13.0. The molecular formula is C15H11BrN2O7. The summed E-state index contributed by atoms with van der Waals surface area (Å²) in [5.74, 6) is -1.79. The van der Waals surface area contributed by atoms with Crippen LogP contribution in [0.4, 0.5) is 11.4 Å². The van der Waals surface area contributed by atoms with Gasteiger partial charge in [-0.2, -0.15) is 0 Å². The van der Waals surface area contributed by atoms with Crippen molar-refractivity contribution in [1.82, 2.24) is 0 Å². The van der Waals surface area contributed by atoms with Crippen molar-refractivity contribution < 1.29 is 24.5 Å². The highest BCUT2D eigenvalue weighted by Crippen LogP contribution is 2.44. The number of nitro benzene ring substituents is 2. The number of carboxylic acids is 1. The lowest BCUT2D eigenvalue weighted by Gasteiger charge is -2.12. The number of aromatic carboxylic acids is 1. The third-order valence-electron chi connectivity index (χ3n) is 3.20. The smallest absolute Gasteiger partial charge is 0.344 e. The van der Waals surface area contributed by atoms with Gasteiger partial charge in [-0.25, -0.2) is 4.79 Å². The zero-order chi connectivity index (χ0) is 18.9. The maximum absolute atomic E-state index is 11.4. The molecule has 0 bridgehead atoms. The molecule has 0 saturated carbocycles. The number of ether oxygens (including phenoxy) is 1. The molecule has 0 aliphatic heterocycles. The molecule has 0 heterocycles. The summed E-state index contributed by atoms with van der Waals surface area (Å²) in [5.41, 5.74) is -0.695. The van der Waals surface area contributed by atoms with Crippen LogP contribution in [0.3, 0.4) is 0 Å². The second kappa shape index (κ2) is 6.85. The molecule has 0 aliphatic rings. The van der Waals surface area contributed by atoms with Crippen LogP contribution in [-0.4, -0.2) is 20.9 Å². The first-order valence-corrected chi connectivity index (χ1v) is 7.55. The van der Waals surface area contributed by atoms with E-state index in [4.69, 9.17) is 4.74 Å². The highest BCUT2D eigenvalue weighted by molar-refractivity contribution is 9.10. The third kappa shape index (κ3) is 3.74. The van der Waals surface area contributed by atoms with Gasteiger partial charge in [0.1, 0.15) is 5.75 Å². The van der Waals surface area contributed by atoms with Gasteiger partial charge < -0.3 is 9.84 Å². The van der Waals surface area contributed by atoms with Gasteiger partial charge in [-0.05, 0) is 53.0 Å². The van der Waals surface area contributed by atoms with Crippen LogP contribution in [0.1, 0.15) is 21.5 Å². The predicted molar refractivity (Wildman–Crippen MR) is 90.4 cm³/mol. The lowest BCUT2D eigenvalue weighted by Crippen LogP contribution is -2.07. The first-order valence-electron chi connectivity index (χ1n) is 6.76. The lowest BCUT2D eigenvalue weighted by atomic mass is 10.1. The summed E-state index contributed by atoms with van der Waals surface area (Å²) in [5, 5.41) is 31.6. The SMILES string of the molecule is Cc1cc(C)cc(Oc2c([N+](=O)[O-])cc([N+](=O)[O-])c(C(=O)O)c2Br)c1. The molecule has 25 heavy (non-hydrogen) atoms. The molecule has 1 N–H and O–H groups in total. The van der Waals surface area contributed by atoms with Gasteiger partial charge in [0.15, 0.2) is 5.56 Å². The average molecular weight is 411 g/mol. The normalized spacial score (nSPS) is 10.4. The zero-order valence-corrected chi connectivity index (χ0v) is 14.6. The van der Waals surface area contributed by atoms with Crippen molar-refractivity contribution in [2.45, 2.75) is 13.8 Å². The van der Waals surface area contributed by atoms with Crippen molar-refractivity contribution in [3.63, 3.8) is 0 Å². The van der Waals surface area contributed by atoms with Crippen LogP contribution < -0.4 is 4.74 Å². The molecule has 0 unspecified atom stereocenters. The van der Waals surface area contributed by atoms with Gasteiger partial charge in [0.2, 0.25) is 5.75 Å². The molecule has 2 aromatic rings. The monoisotopic (exact) mass is 410 g/mol. The molecule has 0 aliphatic carbocycles. The number of carboxylic acid groups (broad SMARTS) is 1. The molecule has 130 valence electrons.